The molecule has 2 rings (SSSR count). The van der Waals surface area contributed by atoms with Gasteiger partial charge in [0.15, 0.2) is 0 Å². The minimum atomic E-state index is -4.91. The number of rotatable bonds is 8. The molecule has 0 aliphatic heterocycles. The molecule has 0 aliphatic rings. The quantitative estimate of drug-likeness (QED) is 0.648. The summed E-state index contributed by atoms with van der Waals surface area (Å²) < 4.78 is 13.4. The lowest BCUT2D eigenvalue weighted by molar-refractivity contribution is -0.322. The number of benzene rings is 1. The average molecular weight is 353 g/mol. The number of aromatic nitrogens is 4. The molecule has 0 fully saturated rings. The lowest BCUT2D eigenvalue weighted by Crippen LogP contribution is -2.36. The Hall–Kier alpha value is -1.80. The molecule has 24 heavy (non-hydrogen) atoms. The van der Waals surface area contributed by atoms with E-state index in [-0.39, 0.29) is 31.9 Å². The Kier molecular flexibility index (Phi) is 5.71. The van der Waals surface area contributed by atoms with Crippen LogP contribution in [0.4, 0.5) is 11.6 Å². The molecule has 2 N–H and O–H groups in total. The van der Waals surface area contributed by atoms with Gasteiger partial charge in [0, 0.05) is 10.8 Å². The minimum absolute atomic E-state index is 0.147. The van der Waals surface area contributed by atoms with Gasteiger partial charge in [-0.1, -0.05) is 44.7 Å². The SMILES string of the molecule is CCC(CC)(c1ccccc1Nc1nnnn1CCO)P(=O)([O-])[O-]. The smallest absolute Gasteiger partial charge is 0.247 e. The van der Waals surface area contributed by atoms with Gasteiger partial charge >= 0.3 is 0 Å². The van der Waals surface area contributed by atoms with Gasteiger partial charge in [0.25, 0.3) is 0 Å². The number of aliphatic hydroxyl groups is 1. The summed E-state index contributed by atoms with van der Waals surface area (Å²) in [6.07, 6.45) is 0.322. The van der Waals surface area contributed by atoms with Crippen LogP contribution in [0.1, 0.15) is 32.3 Å². The summed E-state index contributed by atoms with van der Waals surface area (Å²) in [4.78, 5) is 24.0. The molecule has 1 heterocycles. The van der Waals surface area contributed by atoms with Crippen LogP contribution in [0, 0.1) is 0 Å². The van der Waals surface area contributed by atoms with Gasteiger partial charge in [0.2, 0.25) is 5.95 Å². The fourth-order valence-corrected chi connectivity index (χ4v) is 4.09. The number of hydrogen-bond acceptors (Lipinski definition) is 8. The van der Waals surface area contributed by atoms with Crippen molar-refractivity contribution in [3.05, 3.63) is 29.8 Å². The van der Waals surface area contributed by atoms with E-state index >= 15 is 0 Å². The Balaban J connectivity index is 2.51. The third-order valence-electron chi connectivity index (χ3n) is 4.21. The summed E-state index contributed by atoms with van der Waals surface area (Å²) >= 11 is 0. The van der Waals surface area contributed by atoms with E-state index in [4.69, 9.17) is 5.11 Å². The molecule has 10 heteroatoms. The summed E-state index contributed by atoms with van der Waals surface area (Å²) in [5.41, 5.74) is 0.837. The molecule has 0 bridgehead atoms. The maximum absolute atomic E-state index is 12.0. The standard InChI is InChI=1S/C14H22N5O4P/c1-3-14(4-2,24(21,22)23)11-7-5-6-8-12(11)15-13-16-17-18-19(13)9-10-20/h5-8,20H,3-4,9-10H2,1-2H3,(H,15,16,18)(H2,21,22,23)/p-2. The maximum Gasteiger partial charge on any atom is 0.247 e. The zero-order valence-corrected chi connectivity index (χ0v) is 14.4. The Morgan fingerprint density at radius 1 is 1.29 bits per heavy atom. The summed E-state index contributed by atoms with van der Waals surface area (Å²) in [5.74, 6) is 0.254. The van der Waals surface area contributed by atoms with Gasteiger partial charge < -0.3 is 24.8 Å². The first-order valence-corrected chi connectivity index (χ1v) is 9.19. The molecule has 1 aromatic heterocycles. The molecule has 132 valence electrons. The van der Waals surface area contributed by atoms with E-state index in [1.54, 1.807) is 38.1 Å². The number of anilines is 2. The van der Waals surface area contributed by atoms with Crippen LogP contribution in [0.15, 0.2) is 24.3 Å². The zero-order valence-electron chi connectivity index (χ0n) is 13.5. The van der Waals surface area contributed by atoms with E-state index in [1.165, 1.54) is 4.68 Å². The van der Waals surface area contributed by atoms with E-state index in [0.29, 0.717) is 11.3 Å². The summed E-state index contributed by atoms with van der Waals surface area (Å²) in [6, 6.07) is 6.70. The van der Waals surface area contributed by atoms with Crippen molar-refractivity contribution in [1.82, 2.24) is 20.2 Å². The maximum atomic E-state index is 12.0. The number of hydrogen-bond donors (Lipinski definition) is 2. The fourth-order valence-electron chi connectivity index (χ4n) is 2.82. The van der Waals surface area contributed by atoms with Crippen molar-refractivity contribution in [3.63, 3.8) is 0 Å². The van der Waals surface area contributed by atoms with Crippen LogP contribution < -0.4 is 15.1 Å². The van der Waals surface area contributed by atoms with Crippen molar-refractivity contribution >= 4 is 19.2 Å². The zero-order chi connectivity index (χ0) is 17.8. The molecule has 0 amide bonds. The lowest BCUT2D eigenvalue weighted by atomic mass is 9.91. The second-order valence-electron chi connectivity index (χ2n) is 5.36. The van der Waals surface area contributed by atoms with E-state index in [0.717, 1.165) is 0 Å². The Morgan fingerprint density at radius 2 is 1.96 bits per heavy atom. The fraction of sp³-hybridized carbons (Fsp3) is 0.500. The van der Waals surface area contributed by atoms with Crippen molar-refractivity contribution in [2.45, 2.75) is 38.4 Å². The second-order valence-corrected chi connectivity index (χ2v) is 7.21. The van der Waals surface area contributed by atoms with Crippen molar-refractivity contribution in [1.29, 1.82) is 0 Å². The van der Waals surface area contributed by atoms with Crippen LogP contribution in [-0.2, 0) is 16.3 Å². The van der Waals surface area contributed by atoms with E-state index in [9.17, 15) is 14.4 Å². The van der Waals surface area contributed by atoms with Gasteiger partial charge in [-0.15, -0.1) is 0 Å². The molecule has 0 radical (unpaired) electrons. The van der Waals surface area contributed by atoms with E-state index < -0.39 is 12.8 Å². The third kappa shape index (κ3) is 3.34. The first kappa shape index (κ1) is 18.5. The van der Waals surface area contributed by atoms with Gasteiger partial charge in [0.1, 0.15) is 0 Å². The normalized spacial score (nSPS) is 12.4. The van der Waals surface area contributed by atoms with Crippen LogP contribution in [-0.4, -0.2) is 31.9 Å². The predicted molar refractivity (Wildman–Crippen MR) is 84.5 cm³/mol. The van der Waals surface area contributed by atoms with Crippen molar-refractivity contribution in [3.8, 4) is 0 Å². The summed E-state index contributed by atoms with van der Waals surface area (Å²) in [6.45, 7) is 3.40. The molecule has 0 atom stereocenters. The molecule has 2 aromatic rings. The van der Waals surface area contributed by atoms with Gasteiger partial charge in [-0.3, -0.25) is 0 Å². The Bertz CT molecular complexity index is 725. The van der Waals surface area contributed by atoms with Crippen molar-refractivity contribution in [2.24, 2.45) is 0 Å². The molecule has 0 spiro atoms. The van der Waals surface area contributed by atoms with Gasteiger partial charge in [-0.25, -0.2) is 4.68 Å². The molecular formula is C14H20N5O4P-2. The molecular weight excluding hydrogens is 333 g/mol. The van der Waals surface area contributed by atoms with E-state index in [1.807, 2.05) is 0 Å². The van der Waals surface area contributed by atoms with Gasteiger partial charge in [0.05, 0.1) is 13.2 Å². The number of nitrogens with zero attached hydrogens (tertiary/aromatic N) is 4. The van der Waals surface area contributed by atoms with Crippen molar-refractivity contribution in [2.75, 3.05) is 11.9 Å². The van der Waals surface area contributed by atoms with Gasteiger partial charge in [-0.05, 0) is 34.9 Å². The first-order chi connectivity index (χ1) is 11.4. The molecule has 0 aliphatic carbocycles. The average Bonchev–Trinajstić information content (AvgIpc) is 2.97. The van der Waals surface area contributed by atoms with Crippen LogP contribution >= 0.6 is 7.60 Å². The highest BCUT2D eigenvalue weighted by Gasteiger charge is 2.34. The summed E-state index contributed by atoms with van der Waals surface area (Å²) in [5, 5.41) is 21.6. The highest BCUT2D eigenvalue weighted by molar-refractivity contribution is 7.50. The van der Waals surface area contributed by atoms with Gasteiger partial charge in [-0.2, -0.15) is 0 Å². The Labute approximate surface area is 139 Å². The molecule has 0 saturated carbocycles. The number of para-hydroxylation sites is 1. The third-order valence-corrected chi connectivity index (χ3v) is 6.13. The molecule has 1 aromatic carbocycles. The minimum Gasteiger partial charge on any atom is -0.810 e. The first-order valence-electron chi connectivity index (χ1n) is 7.65. The number of aliphatic hydroxyl groups excluding tert-OH is 1. The molecule has 0 saturated heterocycles. The van der Waals surface area contributed by atoms with Crippen LogP contribution in [0.5, 0.6) is 0 Å². The monoisotopic (exact) mass is 353 g/mol. The number of nitrogens with one attached hydrogen (secondary N) is 1. The van der Waals surface area contributed by atoms with Crippen LogP contribution in [0.2, 0.25) is 0 Å². The van der Waals surface area contributed by atoms with Crippen LogP contribution in [0.25, 0.3) is 0 Å². The number of tetrazole rings is 1. The lowest BCUT2D eigenvalue weighted by Gasteiger charge is -2.50. The van der Waals surface area contributed by atoms with Crippen molar-refractivity contribution < 1.29 is 19.5 Å². The summed E-state index contributed by atoms with van der Waals surface area (Å²) in [7, 11) is -4.91. The molecule has 9 nitrogen and oxygen atoms in total. The predicted octanol–water partition coefficient (Wildman–Crippen LogP) is 0.338. The largest absolute Gasteiger partial charge is 0.810 e. The highest BCUT2D eigenvalue weighted by Crippen LogP contribution is 2.57. The Morgan fingerprint density at radius 3 is 2.54 bits per heavy atom. The van der Waals surface area contributed by atoms with Crippen LogP contribution in [0.3, 0.4) is 0 Å². The topological polar surface area (TPSA) is 139 Å². The highest BCUT2D eigenvalue weighted by atomic mass is 31.2. The van der Waals surface area contributed by atoms with E-state index in [2.05, 4.69) is 20.8 Å². The molecule has 0 unspecified atom stereocenters. The second kappa shape index (κ2) is 7.40.